The normalized spacial score (nSPS) is 22.1. The Kier molecular flexibility index (Phi) is 5.02. The number of rotatable bonds is 3. The van der Waals surface area contributed by atoms with Crippen molar-refractivity contribution in [3.05, 3.63) is 30.1 Å². The molecule has 4 rings (SSSR count). The summed E-state index contributed by atoms with van der Waals surface area (Å²) in [6.45, 7) is 4.33. The van der Waals surface area contributed by atoms with Crippen LogP contribution >= 0.6 is 0 Å². The molecule has 0 unspecified atom stereocenters. The first-order valence-electron chi connectivity index (χ1n) is 9.75. The van der Waals surface area contributed by atoms with Gasteiger partial charge >= 0.3 is 0 Å². The molecule has 0 aromatic carbocycles. The van der Waals surface area contributed by atoms with E-state index < -0.39 is 0 Å². The van der Waals surface area contributed by atoms with Crippen LogP contribution in [0.2, 0.25) is 0 Å². The number of carbonyl (C=O) groups excluding carboxylic acids is 1. The molecule has 5 heteroatoms. The average molecular weight is 340 g/mol. The Labute approximate surface area is 149 Å². The number of likely N-dealkylation sites (tertiary alicyclic amines) is 1. The largest absolute Gasteiger partial charge is 0.341 e. The number of nitrogens with one attached hydrogen (secondary N) is 1. The summed E-state index contributed by atoms with van der Waals surface area (Å²) < 4.78 is 2.18. The molecule has 1 atom stereocenters. The highest BCUT2D eigenvalue weighted by atomic mass is 16.2. The topological polar surface area (TPSA) is 50.2 Å². The molecule has 2 aromatic rings. The summed E-state index contributed by atoms with van der Waals surface area (Å²) in [5.41, 5.74) is 2.22. The predicted octanol–water partition coefficient (Wildman–Crippen LogP) is 2.91. The number of hydrogen-bond acceptors (Lipinski definition) is 3. The lowest BCUT2D eigenvalue weighted by Crippen LogP contribution is -2.36. The third-order valence-corrected chi connectivity index (χ3v) is 5.65. The van der Waals surface area contributed by atoms with Gasteiger partial charge in [0, 0.05) is 42.8 Å². The number of pyridine rings is 1. The lowest BCUT2D eigenvalue weighted by atomic mass is 9.96. The maximum absolute atomic E-state index is 13.0. The number of fused-ring (bicyclic) bond motifs is 1. The van der Waals surface area contributed by atoms with E-state index in [1.54, 1.807) is 0 Å². The first kappa shape index (κ1) is 16.6. The Hall–Kier alpha value is -1.88. The van der Waals surface area contributed by atoms with E-state index in [2.05, 4.69) is 31.9 Å². The van der Waals surface area contributed by atoms with Crippen molar-refractivity contribution in [1.29, 1.82) is 0 Å². The molecule has 0 bridgehead atoms. The molecule has 4 heterocycles. The van der Waals surface area contributed by atoms with Crippen LogP contribution in [0.25, 0.3) is 11.0 Å². The molecule has 2 aliphatic rings. The molecule has 25 heavy (non-hydrogen) atoms. The highest BCUT2D eigenvalue weighted by Gasteiger charge is 2.24. The van der Waals surface area contributed by atoms with Crippen LogP contribution < -0.4 is 5.32 Å². The molecule has 134 valence electrons. The third-order valence-electron chi connectivity index (χ3n) is 5.65. The fourth-order valence-corrected chi connectivity index (χ4v) is 4.27. The summed E-state index contributed by atoms with van der Waals surface area (Å²) in [5, 5.41) is 4.65. The molecule has 1 amide bonds. The minimum atomic E-state index is 0.245. The van der Waals surface area contributed by atoms with Gasteiger partial charge in [-0.1, -0.05) is 12.8 Å². The van der Waals surface area contributed by atoms with E-state index in [4.69, 9.17) is 0 Å². The van der Waals surface area contributed by atoms with Crippen LogP contribution in [0.15, 0.2) is 24.4 Å². The number of amides is 1. The smallest absolute Gasteiger partial charge is 0.242 e. The number of carbonyl (C=O) groups is 1. The lowest BCUT2D eigenvalue weighted by Gasteiger charge is -2.26. The number of nitrogens with zero attached hydrogens (tertiary/aromatic N) is 3. The van der Waals surface area contributed by atoms with Crippen molar-refractivity contribution in [3.8, 4) is 0 Å². The summed E-state index contributed by atoms with van der Waals surface area (Å²) in [7, 11) is 0. The third kappa shape index (κ3) is 3.56. The maximum Gasteiger partial charge on any atom is 0.242 e. The molecule has 0 saturated carbocycles. The maximum atomic E-state index is 13.0. The highest BCUT2D eigenvalue weighted by Crippen LogP contribution is 2.29. The van der Waals surface area contributed by atoms with Crippen molar-refractivity contribution in [2.45, 2.75) is 51.0 Å². The standard InChI is InChI=1S/C20H28N4O/c25-19(23-11-3-1-2-4-12-23)15-24-18(17-8-5-9-21-14-17)13-16-7-6-10-22-20(16)24/h6-7,10,13,17,21H,1-5,8-9,11-12,14-15H2/t17-/m1/s1. The van der Waals surface area contributed by atoms with Crippen LogP contribution in [0.3, 0.4) is 0 Å². The van der Waals surface area contributed by atoms with Crippen LogP contribution in [-0.4, -0.2) is 46.5 Å². The molecular formula is C20H28N4O. The van der Waals surface area contributed by atoms with Gasteiger partial charge in [-0.3, -0.25) is 4.79 Å². The van der Waals surface area contributed by atoms with Gasteiger partial charge in [0.1, 0.15) is 12.2 Å². The van der Waals surface area contributed by atoms with Crippen molar-refractivity contribution >= 4 is 16.9 Å². The Morgan fingerprint density at radius 1 is 1.20 bits per heavy atom. The molecule has 1 N–H and O–H groups in total. The van der Waals surface area contributed by atoms with Gasteiger partial charge in [-0.2, -0.15) is 0 Å². The van der Waals surface area contributed by atoms with E-state index in [9.17, 15) is 4.79 Å². The highest BCUT2D eigenvalue weighted by molar-refractivity contribution is 5.82. The second-order valence-electron chi connectivity index (χ2n) is 7.41. The fourth-order valence-electron chi connectivity index (χ4n) is 4.27. The minimum absolute atomic E-state index is 0.245. The van der Waals surface area contributed by atoms with Crippen LogP contribution in [0, 0.1) is 0 Å². The molecule has 0 spiro atoms. The van der Waals surface area contributed by atoms with Crippen molar-refractivity contribution in [3.63, 3.8) is 0 Å². The van der Waals surface area contributed by atoms with Gasteiger partial charge in [0.15, 0.2) is 0 Å². The number of piperidine rings is 1. The van der Waals surface area contributed by atoms with Gasteiger partial charge in [-0.15, -0.1) is 0 Å². The minimum Gasteiger partial charge on any atom is -0.341 e. The first-order valence-corrected chi connectivity index (χ1v) is 9.75. The van der Waals surface area contributed by atoms with E-state index in [1.807, 2.05) is 12.3 Å². The van der Waals surface area contributed by atoms with Crippen molar-refractivity contribution in [2.24, 2.45) is 0 Å². The Bertz CT molecular complexity index is 724. The molecule has 2 fully saturated rings. The van der Waals surface area contributed by atoms with Crippen molar-refractivity contribution < 1.29 is 4.79 Å². The van der Waals surface area contributed by atoms with Gasteiger partial charge < -0.3 is 14.8 Å². The molecular weight excluding hydrogens is 312 g/mol. The van der Waals surface area contributed by atoms with Crippen LogP contribution in [0.5, 0.6) is 0 Å². The van der Waals surface area contributed by atoms with Crippen molar-refractivity contribution in [2.75, 3.05) is 26.2 Å². The lowest BCUT2D eigenvalue weighted by molar-refractivity contribution is -0.131. The summed E-state index contributed by atoms with van der Waals surface area (Å²) in [6.07, 6.45) is 8.97. The zero-order valence-electron chi connectivity index (χ0n) is 14.9. The van der Waals surface area contributed by atoms with Gasteiger partial charge in [0.05, 0.1) is 0 Å². The Morgan fingerprint density at radius 3 is 2.80 bits per heavy atom. The summed E-state index contributed by atoms with van der Waals surface area (Å²) >= 11 is 0. The molecule has 2 aromatic heterocycles. The zero-order chi connectivity index (χ0) is 17.1. The fraction of sp³-hybridized carbons (Fsp3) is 0.600. The monoisotopic (exact) mass is 340 g/mol. The summed E-state index contributed by atoms with van der Waals surface area (Å²) in [6, 6.07) is 6.33. The quantitative estimate of drug-likeness (QED) is 0.935. The van der Waals surface area contributed by atoms with E-state index >= 15 is 0 Å². The number of hydrogen-bond donors (Lipinski definition) is 1. The molecule has 5 nitrogen and oxygen atoms in total. The van der Waals surface area contributed by atoms with Crippen LogP contribution in [-0.2, 0) is 11.3 Å². The summed E-state index contributed by atoms with van der Waals surface area (Å²) in [5.74, 6) is 0.718. The van der Waals surface area contributed by atoms with Gasteiger partial charge in [-0.05, 0) is 50.4 Å². The van der Waals surface area contributed by atoms with Crippen LogP contribution in [0.1, 0.15) is 50.1 Å². The van der Waals surface area contributed by atoms with E-state index in [0.717, 1.165) is 50.1 Å². The van der Waals surface area contributed by atoms with Crippen molar-refractivity contribution in [1.82, 2.24) is 19.8 Å². The molecule has 0 aliphatic carbocycles. The van der Waals surface area contributed by atoms with Gasteiger partial charge in [0.25, 0.3) is 0 Å². The van der Waals surface area contributed by atoms with Gasteiger partial charge in [0.2, 0.25) is 5.91 Å². The Balaban J connectivity index is 1.63. The van der Waals surface area contributed by atoms with E-state index in [0.29, 0.717) is 12.5 Å². The second kappa shape index (κ2) is 7.56. The van der Waals surface area contributed by atoms with Gasteiger partial charge in [-0.25, -0.2) is 4.98 Å². The Morgan fingerprint density at radius 2 is 2.04 bits per heavy atom. The average Bonchev–Trinajstić information content (AvgIpc) is 2.83. The molecule has 2 saturated heterocycles. The second-order valence-corrected chi connectivity index (χ2v) is 7.41. The number of aromatic nitrogens is 2. The SMILES string of the molecule is O=C(Cn1c([C@@H]2CCCNC2)cc2cccnc21)N1CCCCCC1. The first-order chi connectivity index (χ1) is 12.3. The van der Waals surface area contributed by atoms with E-state index in [1.165, 1.54) is 31.4 Å². The molecule has 0 radical (unpaired) electrons. The van der Waals surface area contributed by atoms with Crippen LogP contribution in [0.4, 0.5) is 0 Å². The summed E-state index contributed by atoms with van der Waals surface area (Å²) in [4.78, 5) is 19.6. The molecule has 2 aliphatic heterocycles. The predicted molar refractivity (Wildman–Crippen MR) is 99.6 cm³/mol. The van der Waals surface area contributed by atoms with E-state index in [-0.39, 0.29) is 5.91 Å². The zero-order valence-corrected chi connectivity index (χ0v) is 14.9.